The zero-order valence-corrected chi connectivity index (χ0v) is 22.9. The van der Waals surface area contributed by atoms with Crippen molar-refractivity contribution < 1.29 is 18.8 Å². The molecule has 42 heavy (non-hydrogen) atoms. The molecule has 0 aliphatic carbocycles. The maximum absolute atomic E-state index is 15.0. The molecule has 5 aromatic rings. The second-order valence-corrected chi connectivity index (χ2v) is 10.2. The van der Waals surface area contributed by atoms with Crippen LogP contribution in [0.15, 0.2) is 73.2 Å². The van der Waals surface area contributed by atoms with Crippen LogP contribution in [0.25, 0.3) is 16.6 Å². The largest absolute Gasteiger partial charge is 0.322 e. The van der Waals surface area contributed by atoms with Crippen LogP contribution < -0.4 is 10.2 Å². The number of piperazine rings is 1. The zero-order valence-electron chi connectivity index (χ0n) is 22.2. The summed E-state index contributed by atoms with van der Waals surface area (Å²) in [6.45, 7) is -0.752. The first kappa shape index (κ1) is 27.0. The molecule has 3 aromatic carbocycles. The fourth-order valence-electron chi connectivity index (χ4n) is 4.98. The van der Waals surface area contributed by atoms with Crippen LogP contribution in [0.5, 0.6) is 0 Å². The molecule has 2 aromatic heterocycles. The first-order valence-corrected chi connectivity index (χ1v) is 13.2. The first-order valence-electron chi connectivity index (χ1n) is 12.9. The van der Waals surface area contributed by atoms with Crippen molar-refractivity contribution in [2.75, 3.05) is 23.3 Å². The maximum atomic E-state index is 15.0. The molecule has 14 heteroatoms. The monoisotopic (exact) mass is 587 g/mol. The first-order chi connectivity index (χ1) is 20.3. The molecule has 1 atom stereocenters. The molecule has 1 N–H and O–H groups in total. The van der Waals surface area contributed by atoms with Crippen molar-refractivity contribution in [3.05, 3.63) is 89.6 Å². The molecule has 1 fully saturated rings. The van der Waals surface area contributed by atoms with E-state index in [2.05, 4.69) is 25.9 Å². The molecule has 3 amide bonds. The van der Waals surface area contributed by atoms with Gasteiger partial charge >= 0.3 is 0 Å². The van der Waals surface area contributed by atoms with Crippen LogP contribution in [0.2, 0.25) is 5.02 Å². The van der Waals surface area contributed by atoms with Crippen molar-refractivity contribution >= 4 is 51.6 Å². The Labute approximate surface area is 243 Å². The Hall–Kier alpha value is -5.17. The predicted molar refractivity (Wildman–Crippen MR) is 151 cm³/mol. The summed E-state index contributed by atoms with van der Waals surface area (Å²) in [7, 11) is 1.71. The van der Waals surface area contributed by atoms with E-state index >= 15 is 0 Å². The van der Waals surface area contributed by atoms with E-state index in [0.717, 1.165) is 5.56 Å². The lowest BCUT2D eigenvalue weighted by Crippen LogP contribution is -2.60. The predicted octanol–water partition coefficient (Wildman–Crippen LogP) is 2.77. The van der Waals surface area contributed by atoms with Gasteiger partial charge in [-0.25, -0.2) is 4.39 Å². The Morgan fingerprint density at radius 2 is 1.86 bits per heavy atom. The topological polar surface area (TPSA) is 131 Å². The van der Waals surface area contributed by atoms with Gasteiger partial charge in [-0.15, -0.1) is 5.10 Å². The third-order valence-corrected chi connectivity index (χ3v) is 7.20. The number of tetrazole rings is 1. The number of amides is 3. The number of halogens is 2. The highest BCUT2D eigenvalue weighted by molar-refractivity contribution is 6.31. The van der Waals surface area contributed by atoms with E-state index < -0.39 is 36.1 Å². The Kier molecular flexibility index (Phi) is 7.08. The molecule has 6 rings (SSSR count). The SMILES string of the molecule is Cn1cc2cc(NC(=O)C(Cc3ccccc3)N3CC(=O)N(c4cc(Cl)ccc4-n4cnnn4)CC3=O)c(F)cc2n1. The minimum Gasteiger partial charge on any atom is -0.322 e. The highest BCUT2D eigenvalue weighted by atomic mass is 35.5. The normalized spacial score (nSPS) is 14.5. The number of nitrogens with one attached hydrogen (secondary N) is 1. The molecule has 0 bridgehead atoms. The highest BCUT2D eigenvalue weighted by Gasteiger charge is 2.39. The van der Waals surface area contributed by atoms with Crippen LogP contribution in [0.1, 0.15) is 5.56 Å². The number of rotatable bonds is 7. The molecule has 1 aliphatic heterocycles. The Morgan fingerprint density at radius 1 is 1.05 bits per heavy atom. The second-order valence-electron chi connectivity index (χ2n) is 9.78. The van der Waals surface area contributed by atoms with E-state index in [-0.39, 0.29) is 18.7 Å². The molecule has 1 aliphatic rings. The number of nitrogens with zero attached hydrogens (tertiary/aromatic N) is 8. The second kappa shape index (κ2) is 11.0. The van der Waals surface area contributed by atoms with E-state index in [9.17, 15) is 18.8 Å². The molecule has 1 unspecified atom stereocenters. The summed E-state index contributed by atoms with van der Waals surface area (Å²) in [6.07, 6.45) is 3.17. The molecular weight excluding hydrogens is 565 g/mol. The van der Waals surface area contributed by atoms with Gasteiger partial charge in [-0.2, -0.15) is 9.78 Å². The number of aromatic nitrogens is 6. The molecule has 0 radical (unpaired) electrons. The van der Waals surface area contributed by atoms with Gasteiger partial charge in [0.05, 0.1) is 22.6 Å². The molecular formula is C28H23ClFN9O3. The zero-order chi connectivity index (χ0) is 29.4. The van der Waals surface area contributed by atoms with E-state index in [1.165, 1.54) is 32.9 Å². The third kappa shape index (κ3) is 5.29. The lowest BCUT2D eigenvalue weighted by molar-refractivity contribution is -0.143. The summed E-state index contributed by atoms with van der Waals surface area (Å²) in [4.78, 5) is 43.4. The van der Waals surface area contributed by atoms with E-state index in [1.54, 1.807) is 36.1 Å². The minimum atomic E-state index is -1.10. The van der Waals surface area contributed by atoms with Crippen molar-refractivity contribution in [3.63, 3.8) is 0 Å². The van der Waals surface area contributed by atoms with Gasteiger partial charge in [-0.05, 0) is 40.3 Å². The van der Waals surface area contributed by atoms with Gasteiger partial charge < -0.3 is 10.2 Å². The van der Waals surface area contributed by atoms with Crippen molar-refractivity contribution in [2.45, 2.75) is 12.5 Å². The van der Waals surface area contributed by atoms with Crippen LogP contribution in [0.4, 0.5) is 15.8 Å². The van der Waals surface area contributed by atoms with Gasteiger partial charge in [0.25, 0.3) is 0 Å². The summed E-state index contributed by atoms with van der Waals surface area (Å²) in [5.74, 6) is -2.22. The van der Waals surface area contributed by atoms with Crippen molar-refractivity contribution in [2.24, 2.45) is 7.05 Å². The van der Waals surface area contributed by atoms with Crippen LogP contribution in [-0.4, -0.2) is 71.7 Å². The lowest BCUT2D eigenvalue weighted by atomic mass is 10.0. The molecule has 0 spiro atoms. The van der Waals surface area contributed by atoms with Gasteiger partial charge in [-0.1, -0.05) is 41.9 Å². The number of aryl methyl sites for hydroxylation is 1. The summed E-state index contributed by atoms with van der Waals surface area (Å²) in [5, 5.41) is 19.0. The number of carbonyl (C=O) groups is 3. The van der Waals surface area contributed by atoms with Crippen LogP contribution in [-0.2, 0) is 27.9 Å². The Balaban J connectivity index is 1.30. The van der Waals surface area contributed by atoms with Crippen molar-refractivity contribution in [1.29, 1.82) is 0 Å². The standard InChI is InChI=1S/C28H23ClFN9O3/c1-36-13-18-10-22(20(30)12-21(18)33-36)32-28(42)25(9-17-5-3-2-4-6-17)38-15-26(40)37(14-27(38)41)24-11-19(29)7-8-23(24)39-16-31-34-35-39/h2-8,10-13,16,25H,9,14-15H2,1H3,(H,32,42). The number of benzene rings is 3. The average molecular weight is 588 g/mol. The molecule has 212 valence electrons. The van der Waals surface area contributed by atoms with Crippen LogP contribution in [0, 0.1) is 5.82 Å². The highest BCUT2D eigenvalue weighted by Crippen LogP contribution is 2.30. The summed E-state index contributed by atoms with van der Waals surface area (Å²) in [5.41, 5.74) is 1.93. The summed E-state index contributed by atoms with van der Waals surface area (Å²) >= 11 is 6.24. The summed E-state index contributed by atoms with van der Waals surface area (Å²) < 4.78 is 17.9. The van der Waals surface area contributed by atoms with E-state index in [1.807, 2.05) is 30.3 Å². The number of anilines is 2. The molecule has 3 heterocycles. The van der Waals surface area contributed by atoms with Gasteiger partial charge in [0.1, 0.15) is 31.3 Å². The Morgan fingerprint density at radius 3 is 2.62 bits per heavy atom. The third-order valence-electron chi connectivity index (χ3n) is 6.96. The van der Waals surface area contributed by atoms with Crippen molar-refractivity contribution in [1.82, 2.24) is 34.9 Å². The molecule has 0 saturated carbocycles. The number of hydrogen-bond acceptors (Lipinski definition) is 7. The minimum absolute atomic E-state index is 0.0546. The molecule has 1 saturated heterocycles. The quantitative estimate of drug-likeness (QED) is 0.310. The number of carbonyl (C=O) groups excluding carboxylic acids is 3. The van der Waals surface area contributed by atoms with E-state index in [0.29, 0.717) is 27.3 Å². The Bertz CT molecular complexity index is 1810. The van der Waals surface area contributed by atoms with E-state index in [4.69, 9.17) is 11.6 Å². The van der Waals surface area contributed by atoms with Crippen LogP contribution in [0.3, 0.4) is 0 Å². The fraction of sp³-hybridized carbons (Fsp3) is 0.179. The van der Waals surface area contributed by atoms with Gasteiger partial charge in [0.2, 0.25) is 17.7 Å². The smallest absolute Gasteiger partial charge is 0.247 e. The van der Waals surface area contributed by atoms with Crippen molar-refractivity contribution in [3.8, 4) is 5.69 Å². The summed E-state index contributed by atoms with van der Waals surface area (Å²) in [6, 6.07) is 15.5. The maximum Gasteiger partial charge on any atom is 0.247 e. The number of hydrogen-bond donors (Lipinski definition) is 1. The van der Waals surface area contributed by atoms with Gasteiger partial charge in [-0.3, -0.25) is 24.0 Å². The number of fused-ring (bicyclic) bond motifs is 1. The van der Waals surface area contributed by atoms with Gasteiger partial charge in [0.15, 0.2) is 0 Å². The molecule has 12 nitrogen and oxygen atoms in total. The fourth-order valence-corrected chi connectivity index (χ4v) is 5.14. The van der Waals surface area contributed by atoms with Gasteiger partial charge in [0, 0.05) is 36.1 Å². The average Bonchev–Trinajstić information content (AvgIpc) is 3.63. The van der Waals surface area contributed by atoms with Crippen LogP contribution >= 0.6 is 11.6 Å². The lowest BCUT2D eigenvalue weighted by Gasteiger charge is -2.38.